The molecular weight excluding hydrogens is 362 g/mol. The van der Waals surface area contributed by atoms with Gasteiger partial charge in [-0.15, -0.1) is 0 Å². The second kappa shape index (κ2) is 6.92. The van der Waals surface area contributed by atoms with E-state index < -0.39 is 0 Å². The lowest BCUT2D eigenvalue weighted by atomic mass is 9.92. The maximum atomic E-state index is 12.5. The number of nitrogens with two attached hydrogens (primary N) is 1. The SMILES string of the molecule is C=C1CCN(c2cccc(-c3ccc(CC(N)=O)c4[nH]c(C)c(C)c34)c2C)C1=O. The maximum Gasteiger partial charge on any atom is 0.253 e. The molecule has 1 aromatic heterocycles. The fourth-order valence-electron chi connectivity index (χ4n) is 4.29. The Morgan fingerprint density at radius 3 is 2.55 bits per heavy atom. The highest BCUT2D eigenvalue weighted by Crippen LogP contribution is 2.39. The molecule has 1 saturated heterocycles. The van der Waals surface area contributed by atoms with Crippen molar-refractivity contribution in [2.24, 2.45) is 5.73 Å². The van der Waals surface area contributed by atoms with Crippen LogP contribution in [0.15, 0.2) is 42.5 Å². The van der Waals surface area contributed by atoms with E-state index in [9.17, 15) is 9.59 Å². The highest BCUT2D eigenvalue weighted by Gasteiger charge is 2.27. The summed E-state index contributed by atoms with van der Waals surface area (Å²) < 4.78 is 0. The van der Waals surface area contributed by atoms with Gasteiger partial charge in [0.15, 0.2) is 0 Å². The summed E-state index contributed by atoms with van der Waals surface area (Å²) in [6.45, 7) is 10.7. The van der Waals surface area contributed by atoms with Crippen LogP contribution in [-0.4, -0.2) is 23.3 Å². The number of amides is 2. The van der Waals surface area contributed by atoms with E-state index in [-0.39, 0.29) is 18.2 Å². The van der Waals surface area contributed by atoms with Crippen LogP contribution < -0.4 is 10.6 Å². The van der Waals surface area contributed by atoms with Crippen LogP contribution in [0.4, 0.5) is 5.69 Å². The lowest BCUT2D eigenvalue weighted by Crippen LogP contribution is -2.25. The second-order valence-electron chi connectivity index (χ2n) is 7.80. The summed E-state index contributed by atoms with van der Waals surface area (Å²) >= 11 is 0. The number of primary amides is 1. The monoisotopic (exact) mass is 387 g/mol. The van der Waals surface area contributed by atoms with Crippen molar-refractivity contribution in [2.45, 2.75) is 33.6 Å². The van der Waals surface area contributed by atoms with Gasteiger partial charge in [-0.1, -0.05) is 30.8 Å². The third-order valence-corrected chi connectivity index (χ3v) is 5.98. The Kier molecular flexibility index (Phi) is 4.53. The molecule has 0 spiro atoms. The highest BCUT2D eigenvalue weighted by atomic mass is 16.2. The molecule has 1 aliphatic rings. The van der Waals surface area contributed by atoms with Crippen molar-refractivity contribution in [3.8, 4) is 11.1 Å². The fraction of sp³-hybridized carbons (Fsp3) is 0.250. The van der Waals surface area contributed by atoms with Crippen LogP contribution in [0.5, 0.6) is 0 Å². The zero-order chi connectivity index (χ0) is 20.9. The summed E-state index contributed by atoms with van der Waals surface area (Å²) in [6, 6.07) is 10.1. The smallest absolute Gasteiger partial charge is 0.253 e. The minimum absolute atomic E-state index is 0.000808. The van der Waals surface area contributed by atoms with Crippen LogP contribution in [0, 0.1) is 20.8 Å². The van der Waals surface area contributed by atoms with Crippen molar-refractivity contribution >= 4 is 28.4 Å². The zero-order valence-corrected chi connectivity index (χ0v) is 17.1. The van der Waals surface area contributed by atoms with Crippen molar-refractivity contribution in [2.75, 3.05) is 11.4 Å². The summed E-state index contributed by atoms with van der Waals surface area (Å²) in [6.07, 6.45) is 0.893. The molecule has 5 heteroatoms. The predicted molar refractivity (Wildman–Crippen MR) is 117 cm³/mol. The minimum atomic E-state index is -0.352. The quantitative estimate of drug-likeness (QED) is 0.662. The standard InChI is InChI=1S/C24H25N3O2/c1-13-10-11-27(24(13)29)20-7-5-6-18(15(20)3)19-9-8-17(12-21(25)28)23-22(19)14(2)16(4)26-23/h5-9,26H,1,10-12H2,2-4H3,(H2,25,28). The number of aryl methyl sites for hydroxylation is 2. The highest BCUT2D eigenvalue weighted by molar-refractivity contribution is 6.09. The van der Waals surface area contributed by atoms with Gasteiger partial charge in [0.2, 0.25) is 5.91 Å². The van der Waals surface area contributed by atoms with Gasteiger partial charge in [0.1, 0.15) is 0 Å². The molecule has 2 amide bonds. The number of hydrogen-bond donors (Lipinski definition) is 2. The number of carbonyl (C=O) groups is 2. The molecule has 3 aromatic rings. The maximum absolute atomic E-state index is 12.5. The zero-order valence-electron chi connectivity index (χ0n) is 17.1. The van der Waals surface area contributed by atoms with Crippen LogP contribution in [-0.2, 0) is 16.0 Å². The Hall–Kier alpha value is -3.34. The second-order valence-corrected chi connectivity index (χ2v) is 7.80. The average Bonchev–Trinajstić information content (AvgIpc) is 3.16. The molecule has 0 bridgehead atoms. The van der Waals surface area contributed by atoms with E-state index in [1.165, 1.54) is 0 Å². The Balaban J connectivity index is 1.92. The van der Waals surface area contributed by atoms with Crippen molar-refractivity contribution in [3.05, 3.63) is 64.9 Å². The number of hydrogen-bond acceptors (Lipinski definition) is 2. The number of fused-ring (bicyclic) bond motifs is 1. The summed E-state index contributed by atoms with van der Waals surface area (Å²) in [5.74, 6) is -0.351. The van der Waals surface area contributed by atoms with Gasteiger partial charge < -0.3 is 15.6 Å². The summed E-state index contributed by atoms with van der Waals surface area (Å²) in [4.78, 5) is 29.3. The van der Waals surface area contributed by atoms with Gasteiger partial charge in [0.25, 0.3) is 5.91 Å². The van der Waals surface area contributed by atoms with Crippen LogP contribution in [0.2, 0.25) is 0 Å². The Morgan fingerprint density at radius 1 is 1.14 bits per heavy atom. The molecule has 2 aromatic carbocycles. The molecule has 0 saturated carbocycles. The Labute approximate surface area is 170 Å². The van der Waals surface area contributed by atoms with E-state index in [2.05, 4.69) is 37.5 Å². The van der Waals surface area contributed by atoms with Crippen molar-refractivity contribution < 1.29 is 9.59 Å². The molecule has 0 atom stereocenters. The molecule has 0 radical (unpaired) electrons. The first-order valence-electron chi connectivity index (χ1n) is 9.78. The normalized spacial score (nSPS) is 14.2. The van der Waals surface area contributed by atoms with Crippen LogP contribution >= 0.6 is 0 Å². The number of H-pyrrole nitrogens is 1. The minimum Gasteiger partial charge on any atom is -0.369 e. The first-order valence-corrected chi connectivity index (χ1v) is 9.78. The van der Waals surface area contributed by atoms with E-state index in [0.717, 1.165) is 50.1 Å². The molecule has 0 unspecified atom stereocenters. The molecular formula is C24H25N3O2. The molecule has 1 fully saturated rings. The summed E-state index contributed by atoms with van der Waals surface area (Å²) in [5.41, 5.74) is 14.3. The molecule has 3 N–H and O–H groups in total. The average molecular weight is 387 g/mol. The van der Waals surface area contributed by atoms with Gasteiger partial charge in [0, 0.05) is 28.9 Å². The van der Waals surface area contributed by atoms with Gasteiger partial charge in [-0.2, -0.15) is 0 Å². The Bertz CT molecular complexity index is 1190. The largest absolute Gasteiger partial charge is 0.369 e. The third-order valence-electron chi connectivity index (χ3n) is 5.98. The number of carbonyl (C=O) groups excluding carboxylic acids is 2. The number of aromatic nitrogens is 1. The molecule has 29 heavy (non-hydrogen) atoms. The van der Waals surface area contributed by atoms with E-state index in [4.69, 9.17) is 5.73 Å². The van der Waals surface area contributed by atoms with Gasteiger partial charge in [-0.3, -0.25) is 9.59 Å². The Morgan fingerprint density at radius 2 is 1.90 bits per heavy atom. The molecule has 2 heterocycles. The van der Waals surface area contributed by atoms with Crippen LogP contribution in [0.1, 0.15) is 28.8 Å². The molecule has 0 aliphatic carbocycles. The van der Waals surface area contributed by atoms with Crippen molar-refractivity contribution in [1.82, 2.24) is 4.98 Å². The van der Waals surface area contributed by atoms with Gasteiger partial charge in [-0.05, 0) is 61.1 Å². The van der Waals surface area contributed by atoms with Crippen LogP contribution in [0.3, 0.4) is 0 Å². The van der Waals surface area contributed by atoms with Gasteiger partial charge >= 0.3 is 0 Å². The first kappa shape index (κ1) is 19.0. The topological polar surface area (TPSA) is 79.2 Å². The molecule has 1 aliphatic heterocycles. The summed E-state index contributed by atoms with van der Waals surface area (Å²) in [7, 11) is 0. The van der Waals surface area contributed by atoms with Crippen molar-refractivity contribution in [1.29, 1.82) is 0 Å². The number of nitrogens with zero attached hydrogens (tertiary/aromatic N) is 1. The number of anilines is 1. The van der Waals surface area contributed by atoms with Gasteiger partial charge in [0.05, 0.1) is 11.9 Å². The van der Waals surface area contributed by atoms with E-state index in [1.807, 2.05) is 30.0 Å². The lowest BCUT2D eigenvalue weighted by molar-refractivity contribution is -0.117. The van der Waals surface area contributed by atoms with Gasteiger partial charge in [-0.25, -0.2) is 0 Å². The lowest BCUT2D eigenvalue weighted by Gasteiger charge is -2.21. The number of benzene rings is 2. The number of rotatable bonds is 4. The van der Waals surface area contributed by atoms with Crippen LogP contribution in [0.25, 0.3) is 22.0 Å². The molecule has 4 rings (SSSR count). The van der Waals surface area contributed by atoms with E-state index >= 15 is 0 Å². The summed E-state index contributed by atoms with van der Waals surface area (Å²) in [5, 5.41) is 1.10. The first-order chi connectivity index (χ1) is 13.8. The fourth-order valence-corrected chi connectivity index (χ4v) is 4.29. The number of aromatic amines is 1. The molecule has 5 nitrogen and oxygen atoms in total. The number of nitrogens with one attached hydrogen (secondary N) is 1. The third kappa shape index (κ3) is 3.03. The van der Waals surface area contributed by atoms with E-state index in [0.29, 0.717) is 18.5 Å². The molecule has 148 valence electrons. The van der Waals surface area contributed by atoms with Crippen molar-refractivity contribution in [3.63, 3.8) is 0 Å². The van der Waals surface area contributed by atoms with E-state index in [1.54, 1.807) is 0 Å². The predicted octanol–water partition coefficient (Wildman–Crippen LogP) is 4.08.